The van der Waals surface area contributed by atoms with Gasteiger partial charge in [0.1, 0.15) is 16.8 Å². The highest BCUT2D eigenvalue weighted by Crippen LogP contribution is 2.36. The molecule has 36 heavy (non-hydrogen) atoms. The van der Waals surface area contributed by atoms with E-state index in [2.05, 4.69) is 11.4 Å². The van der Waals surface area contributed by atoms with Crippen LogP contribution in [0.1, 0.15) is 23.6 Å². The van der Waals surface area contributed by atoms with Crippen molar-refractivity contribution in [3.05, 3.63) is 95.6 Å². The lowest BCUT2D eigenvalue weighted by Gasteiger charge is -2.16. The molecule has 0 saturated heterocycles. The number of benzene rings is 3. The molecule has 3 aromatic carbocycles. The van der Waals surface area contributed by atoms with Gasteiger partial charge in [-0.2, -0.15) is 5.26 Å². The molecule has 0 spiro atoms. The average Bonchev–Trinajstić information content (AvgIpc) is 2.90. The van der Waals surface area contributed by atoms with Crippen molar-refractivity contribution in [2.45, 2.75) is 31.0 Å². The smallest absolute Gasteiger partial charge is 0.237 e. The summed E-state index contributed by atoms with van der Waals surface area (Å²) < 4.78 is 5.29. The van der Waals surface area contributed by atoms with Crippen LogP contribution in [0.4, 0.5) is 5.69 Å². The summed E-state index contributed by atoms with van der Waals surface area (Å²) in [4.78, 5) is 17.8. The number of thioether (sulfide) groups is 1. The minimum atomic E-state index is -0.470. The number of aromatic nitrogens is 1. The van der Waals surface area contributed by atoms with Crippen molar-refractivity contribution in [1.29, 1.82) is 5.26 Å². The van der Waals surface area contributed by atoms with Crippen molar-refractivity contribution >= 4 is 23.4 Å². The van der Waals surface area contributed by atoms with Crippen LogP contribution in [0.2, 0.25) is 0 Å². The van der Waals surface area contributed by atoms with Gasteiger partial charge in [-0.25, -0.2) is 4.98 Å². The minimum absolute atomic E-state index is 0.152. The number of nitriles is 1. The highest BCUT2D eigenvalue weighted by molar-refractivity contribution is 8.00. The SMILES string of the molecule is COc1ccc(-c2cc(-c3ccc(C)cc3)c(C#N)c(SC(C)C(=O)Nc3ccc(C)cc3)n2)cc1. The lowest BCUT2D eigenvalue weighted by Crippen LogP contribution is -2.22. The molecule has 180 valence electrons. The van der Waals surface area contributed by atoms with Crippen LogP contribution in [0.15, 0.2) is 83.9 Å². The van der Waals surface area contributed by atoms with Crippen molar-refractivity contribution < 1.29 is 9.53 Å². The molecule has 1 unspecified atom stereocenters. The first kappa shape index (κ1) is 25.0. The number of rotatable bonds is 7. The van der Waals surface area contributed by atoms with E-state index in [1.807, 2.05) is 99.6 Å². The third-order valence-corrected chi connectivity index (χ3v) is 6.91. The van der Waals surface area contributed by atoms with Crippen molar-refractivity contribution in [1.82, 2.24) is 4.98 Å². The third kappa shape index (κ3) is 5.76. The zero-order chi connectivity index (χ0) is 25.7. The van der Waals surface area contributed by atoms with Gasteiger partial charge in [0.15, 0.2) is 0 Å². The van der Waals surface area contributed by atoms with Gasteiger partial charge in [0.25, 0.3) is 0 Å². The zero-order valence-electron chi connectivity index (χ0n) is 20.7. The number of hydrogen-bond acceptors (Lipinski definition) is 5. The molecule has 1 N–H and O–H groups in total. The number of nitrogens with one attached hydrogen (secondary N) is 1. The molecule has 0 aliphatic carbocycles. The largest absolute Gasteiger partial charge is 0.497 e. The number of methoxy groups -OCH3 is 1. The average molecular weight is 494 g/mol. The Morgan fingerprint density at radius 3 is 2.11 bits per heavy atom. The van der Waals surface area contributed by atoms with Crippen LogP contribution < -0.4 is 10.1 Å². The number of nitrogens with zero attached hydrogens (tertiary/aromatic N) is 2. The summed E-state index contributed by atoms with van der Waals surface area (Å²) in [5.41, 5.74) is 6.78. The number of carbonyl (C=O) groups is 1. The first-order valence-corrected chi connectivity index (χ1v) is 12.5. The molecule has 4 aromatic rings. The molecule has 1 atom stereocenters. The highest BCUT2D eigenvalue weighted by atomic mass is 32.2. The van der Waals surface area contributed by atoms with Crippen LogP contribution in [0.3, 0.4) is 0 Å². The van der Waals surface area contributed by atoms with E-state index in [0.717, 1.165) is 44.9 Å². The summed E-state index contributed by atoms with van der Waals surface area (Å²) in [6.07, 6.45) is 0. The predicted octanol–water partition coefficient (Wildman–Crippen LogP) is 7.03. The summed E-state index contributed by atoms with van der Waals surface area (Å²) in [6.45, 7) is 5.85. The predicted molar refractivity (Wildman–Crippen MR) is 146 cm³/mol. The molecule has 6 heteroatoms. The second kappa shape index (κ2) is 11.1. The molecule has 5 nitrogen and oxygen atoms in total. The topological polar surface area (TPSA) is 75.0 Å². The molecule has 4 rings (SSSR count). The highest BCUT2D eigenvalue weighted by Gasteiger charge is 2.21. The van der Waals surface area contributed by atoms with Crippen molar-refractivity contribution in [3.8, 4) is 34.2 Å². The lowest BCUT2D eigenvalue weighted by molar-refractivity contribution is -0.115. The molecular formula is C30H27N3O2S. The van der Waals surface area contributed by atoms with Gasteiger partial charge in [0, 0.05) is 16.8 Å². The van der Waals surface area contributed by atoms with Crippen LogP contribution >= 0.6 is 11.8 Å². The summed E-state index contributed by atoms with van der Waals surface area (Å²) in [6, 6.07) is 27.6. The van der Waals surface area contributed by atoms with E-state index in [9.17, 15) is 10.1 Å². The second-order valence-corrected chi connectivity index (χ2v) is 9.89. The Bertz CT molecular complexity index is 1410. The standard InChI is InChI=1S/C30H27N3O2S/c1-19-5-9-22(10-6-19)26-17-28(23-11-15-25(35-4)16-12-23)33-30(27(26)18-31)36-21(3)29(34)32-24-13-7-20(2)8-14-24/h5-17,21H,1-4H3,(H,32,34). The van der Waals surface area contributed by atoms with Crippen molar-refractivity contribution in [3.63, 3.8) is 0 Å². The first-order valence-electron chi connectivity index (χ1n) is 11.6. The second-order valence-electron chi connectivity index (χ2n) is 8.56. The van der Waals surface area contributed by atoms with Gasteiger partial charge < -0.3 is 10.1 Å². The Hall–Kier alpha value is -4.08. The van der Waals surface area contributed by atoms with E-state index in [4.69, 9.17) is 9.72 Å². The van der Waals surface area contributed by atoms with Crippen molar-refractivity contribution in [2.75, 3.05) is 12.4 Å². The maximum absolute atomic E-state index is 13.0. The zero-order valence-corrected chi connectivity index (χ0v) is 21.5. The number of amides is 1. The van der Waals surface area contributed by atoms with Gasteiger partial charge in [0.05, 0.1) is 23.6 Å². The molecule has 0 radical (unpaired) electrons. The van der Waals surface area contributed by atoms with E-state index in [0.29, 0.717) is 10.6 Å². The Labute approximate surface area is 216 Å². The van der Waals surface area contributed by atoms with Crippen LogP contribution in [0.25, 0.3) is 22.4 Å². The third-order valence-electron chi connectivity index (χ3n) is 5.82. The molecule has 0 saturated carbocycles. The molecule has 1 heterocycles. The molecule has 0 bridgehead atoms. The number of anilines is 1. The van der Waals surface area contributed by atoms with Crippen LogP contribution in [0.5, 0.6) is 5.75 Å². The van der Waals surface area contributed by atoms with Gasteiger partial charge in [0.2, 0.25) is 5.91 Å². The van der Waals surface area contributed by atoms with Gasteiger partial charge in [-0.05, 0) is 68.8 Å². The Morgan fingerprint density at radius 1 is 0.944 bits per heavy atom. The number of hydrogen-bond donors (Lipinski definition) is 1. The molecule has 0 aliphatic heterocycles. The summed E-state index contributed by atoms with van der Waals surface area (Å²) in [5, 5.41) is 13.1. The van der Waals surface area contributed by atoms with Gasteiger partial charge in [-0.15, -0.1) is 0 Å². The number of aryl methyl sites for hydroxylation is 2. The van der Waals surface area contributed by atoms with Crippen LogP contribution in [-0.2, 0) is 4.79 Å². The van der Waals surface area contributed by atoms with Gasteiger partial charge in [-0.1, -0.05) is 59.3 Å². The first-order chi connectivity index (χ1) is 17.4. The normalized spacial score (nSPS) is 11.4. The Balaban J connectivity index is 1.73. The fourth-order valence-corrected chi connectivity index (χ4v) is 4.61. The molecule has 1 aromatic heterocycles. The summed E-state index contributed by atoms with van der Waals surface area (Å²) in [5.74, 6) is 0.600. The molecular weight excluding hydrogens is 466 g/mol. The maximum Gasteiger partial charge on any atom is 0.237 e. The number of carbonyl (C=O) groups excluding carboxylic acids is 1. The monoisotopic (exact) mass is 493 g/mol. The van der Waals surface area contributed by atoms with Crippen LogP contribution in [-0.4, -0.2) is 23.3 Å². The quantitative estimate of drug-likeness (QED) is 0.280. The summed E-state index contributed by atoms with van der Waals surface area (Å²) in [7, 11) is 1.63. The maximum atomic E-state index is 13.0. The Kier molecular flexibility index (Phi) is 7.72. The summed E-state index contributed by atoms with van der Waals surface area (Å²) >= 11 is 1.28. The van der Waals surface area contributed by atoms with E-state index in [1.165, 1.54) is 11.8 Å². The molecule has 0 aliphatic rings. The number of pyridine rings is 1. The lowest BCUT2D eigenvalue weighted by atomic mass is 9.98. The van der Waals surface area contributed by atoms with Crippen LogP contribution in [0, 0.1) is 25.2 Å². The molecule has 0 fully saturated rings. The Morgan fingerprint density at radius 2 is 1.53 bits per heavy atom. The fourth-order valence-electron chi connectivity index (χ4n) is 3.69. The van der Waals surface area contributed by atoms with E-state index in [-0.39, 0.29) is 5.91 Å². The molecule has 1 amide bonds. The van der Waals surface area contributed by atoms with E-state index < -0.39 is 5.25 Å². The minimum Gasteiger partial charge on any atom is -0.497 e. The van der Waals surface area contributed by atoms with Gasteiger partial charge in [-0.3, -0.25) is 4.79 Å². The van der Waals surface area contributed by atoms with Gasteiger partial charge >= 0.3 is 0 Å². The van der Waals surface area contributed by atoms with E-state index in [1.54, 1.807) is 7.11 Å². The fraction of sp³-hybridized carbons (Fsp3) is 0.167. The van der Waals surface area contributed by atoms with Crippen molar-refractivity contribution in [2.24, 2.45) is 0 Å². The number of ether oxygens (including phenoxy) is 1. The van der Waals surface area contributed by atoms with E-state index >= 15 is 0 Å².